The maximum Gasteiger partial charge on any atom is 0.193 e. The molecule has 1 N–H and O–H groups in total. The average molecular weight is 487 g/mol. The largest absolute Gasteiger partial charge is 0.497 e. The molecule has 1 fully saturated rings. The van der Waals surface area contributed by atoms with E-state index < -0.39 is 11.6 Å². The number of ether oxygens (including phenoxy) is 1. The second-order valence-corrected chi connectivity index (χ2v) is 6.48. The van der Waals surface area contributed by atoms with Crippen molar-refractivity contribution in [3.63, 3.8) is 0 Å². The van der Waals surface area contributed by atoms with Gasteiger partial charge in [-0.25, -0.2) is 8.78 Å². The van der Waals surface area contributed by atoms with Gasteiger partial charge in [-0.15, -0.1) is 24.0 Å². The molecule has 1 aliphatic rings. The van der Waals surface area contributed by atoms with E-state index in [0.717, 1.165) is 11.3 Å². The summed E-state index contributed by atoms with van der Waals surface area (Å²) in [6.45, 7) is 0.662. The molecule has 1 aliphatic carbocycles. The lowest BCUT2D eigenvalue weighted by Gasteiger charge is -2.22. The Labute approximate surface area is 175 Å². The number of hydrogen-bond acceptors (Lipinski definition) is 2. The van der Waals surface area contributed by atoms with Crippen molar-refractivity contribution in [3.05, 3.63) is 65.2 Å². The van der Waals surface area contributed by atoms with E-state index in [1.807, 2.05) is 36.2 Å². The normalized spacial score (nSPS) is 18.5. The van der Waals surface area contributed by atoms with Crippen molar-refractivity contribution >= 4 is 29.9 Å². The minimum atomic E-state index is -0.485. The molecule has 0 amide bonds. The summed E-state index contributed by atoms with van der Waals surface area (Å²) < 4.78 is 33.0. The van der Waals surface area contributed by atoms with Gasteiger partial charge in [-0.1, -0.05) is 18.2 Å². The Morgan fingerprint density at radius 2 is 1.81 bits per heavy atom. The lowest BCUT2D eigenvalue weighted by Crippen LogP contribution is -2.40. The predicted octanol–water partition coefficient (Wildman–Crippen LogP) is 4.15. The molecule has 0 spiro atoms. The number of methoxy groups -OCH3 is 1. The van der Waals surface area contributed by atoms with E-state index in [9.17, 15) is 8.78 Å². The van der Waals surface area contributed by atoms with Gasteiger partial charge in [-0.2, -0.15) is 0 Å². The van der Waals surface area contributed by atoms with E-state index >= 15 is 0 Å². The molecule has 7 heteroatoms. The Morgan fingerprint density at radius 3 is 2.37 bits per heavy atom. The molecular weight excluding hydrogens is 463 g/mol. The van der Waals surface area contributed by atoms with Crippen LogP contribution in [0.15, 0.2) is 47.5 Å². The number of hydrogen-bond donors (Lipinski definition) is 1. The topological polar surface area (TPSA) is 36.9 Å². The van der Waals surface area contributed by atoms with Crippen LogP contribution in [0.2, 0.25) is 0 Å². The summed E-state index contributed by atoms with van der Waals surface area (Å²) in [6, 6.07) is 11.8. The Balaban J connectivity index is 0.00000261. The van der Waals surface area contributed by atoms with Crippen LogP contribution in [-0.2, 0) is 6.54 Å². The van der Waals surface area contributed by atoms with Gasteiger partial charge in [-0.3, -0.25) is 4.99 Å². The van der Waals surface area contributed by atoms with Crippen LogP contribution < -0.4 is 10.1 Å². The minimum absolute atomic E-state index is 0. The maximum absolute atomic E-state index is 13.9. The summed E-state index contributed by atoms with van der Waals surface area (Å²) in [5, 5.41) is 3.30. The zero-order valence-electron chi connectivity index (χ0n) is 15.6. The molecule has 2 atom stereocenters. The van der Waals surface area contributed by atoms with Gasteiger partial charge in [0.05, 0.1) is 7.11 Å². The fourth-order valence-electron chi connectivity index (χ4n) is 3.13. The number of aliphatic imine (C=N–C) groups is 1. The Hall–Kier alpha value is -1.90. The molecule has 4 nitrogen and oxygen atoms in total. The summed E-state index contributed by atoms with van der Waals surface area (Å²) in [7, 11) is 5.27. The van der Waals surface area contributed by atoms with Gasteiger partial charge in [0.25, 0.3) is 0 Å². The second-order valence-electron chi connectivity index (χ2n) is 6.48. The standard InChI is InChI=1S/C20H23F2N3O.HI/c1-23-20(25(2)12-13-7-9-14(26-3)10-8-13)24-18-11-15(18)19-16(21)5-4-6-17(19)22;/h4-10,15,18H,11-12H2,1-3H3,(H,23,24);1H. The van der Waals surface area contributed by atoms with Gasteiger partial charge in [0.1, 0.15) is 17.4 Å². The monoisotopic (exact) mass is 487 g/mol. The fourth-order valence-corrected chi connectivity index (χ4v) is 3.13. The van der Waals surface area contributed by atoms with Gasteiger partial charge in [-0.05, 0) is 36.2 Å². The highest BCUT2D eigenvalue weighted by Gasteiger charge is 2.42. The number of halogens is 3. The molecule has 2 aromatic rings. The van der Waals surface area contributed by atoms with E-state index in [1.165, 1.54) is 18.2 Å². The van der Waals surface area contributed by atoms with Crippen molar-refractivity contribution in [1.29, 1.82) is 0 Å². The molecule has 0 aromatic heterocycles. The van der Waals surface area contributed by atoms with E-state index in [0.29, 0.717) is 18.9 Å². The molecule has 0 heterocycles. The van der Waals surface area contributed by atoms with Crippen LogP contribution in [0.25, 0.3) is 0 Å². The van der Waals surface area contributed by atoms with Crippen molar-refractivity contribution in [1.82, 2.24) is 10.2 Å². The van der Waals surface area contributed by atoms with E-state index in [1.54, 1.807) is 14.2 Å². The van der Waals surface area contributed by atoms with Crippen LogP contribution in [-0.4, -0.2) is 38.1 Å². The highest BCUT2D eigenvalue weighted by Crippen LogP contribution is 2.43. The molecule has 0 radical (unpaired) electrons. The molecule has 0 aliphatic heterocycles. The first-order valence-corrected chi connectivity index (χ1v) is 8.54. The van der Waals surface area contributed by atoms with Crippen LogP contribution in [0.4, 0.5) is 8.78 Å². The van der Waals surface area contributed by atoms with E-state index in [-0.39, 0.29) is 41.5 Å². The van der Waals surface area contributed by atoms with Crippen molar-refractivity contribution in [2.75, 3.05) is 21.2 Å². The van der Waals surface area contributed by atoms with Crippen molar-refractivity contribution in [2.24, 2.45) is 4.99 Å². The van der Waals surface area contributed by atoms with E-state index in [4.69, 9.17) is 4.74 Å². The van der Waals surface area contributed by atoms with Gasteiger partial charge in [0.15, 0.2) is 5.96 Å². The van der Waals surface area contributed by atoms with Gasteiger partial charge < -0.3 is 15.0 Å². The number of guanidine groups is 1. The number of rotatable bonds is 5. The minimum Gasteiger partial charge on any atom is -0.497 e. The third-order valence-corrected chi connectivity index (χ3v) is 4.63. The lowest BCUT2D eigenvalue weighted by atomic mass is 10.1. The number of benzene rings is 2. The Morgan fingerprint density at radius 1 is 1.19 bits per heavy atom. The molecule has 1 saturated carbocycles. The summed E-state index contributed by atoms with van der Waals surface area (Å²) in [6.07, 6.45) is 0.688. The van der Waals surface area contributed by atoms with Crippen LogP contribution >= 0.6 is 24.0 Å². The zero-order chi connectivity index (χ0) is 18.7. The van der Waals surface area contributed by atoms with Crippen LogP contribution in [0.1, 0.15) is 23.5 Å². The van der Waals surface area contributed by atoms with Crippen molar-refractivity contribution < 1.29 is 13.5 Å². The quantitative estimate of drug-likeness (QED) is 0.391. The summed E-state index contributed by atoms with van der Waals surface area (Å²) in [4.78, 5) is 6.27. The molecule has 146 valence electrons. The van der Waals surface area contributed by atoms with Gasteiger partial charge in [0.2, 0.25) is 0 Å². The zero-order valence-corrected chi connectivity index (χ0v) is 17.9. The first-order chi connectivity index (χ1) is 12.5. The highest BCUT2D eigenvalue weighted by molar-refractivity contribution is 14.0. The Kier molecular flexibility index (Phi) is 7.41. The highest BCUT2D eigenvalue weighted by atomic mass is 127. The van der Waals surface area contributed by atoms with Crippen molar-refractivity contribution in [3.8, 4) is 5.75 Å². The number of nitrogens with one attached hydrogen (secondary N) is 1. The molecule has 2 unspecified atom stereocenters. The predicted molar refractivity (Wildman–Crippen MR) is 114 cm³/mol. The summed E-state index contributed by atoms with van der Waals surface area (Å²) in [5.74, 6) is 0.376. The molecule has 27 heavy (non-hydrogen) atoms. The lowest BCUT2D eigenvalue weighted by molar-refractivity contribution is 0.414. The molecule has 2 aromatic carbocycles. The molecular formula is C20H24F2IN3O. The fraction of sp³-hybridized carbons (Fsp3) is 0.350. The van der Waals surface area contributed by atoms with Crippen LogP contribution in [0.3, 0.4) is 0 Å². The molecule has 3 rings (SSSR count). The number of nitrogens with zero attached hydrogens (tertiary/aromatic N) is 2. The maximum atomic E-state index is 13.9. The smallest absolute Gasteiger partial charge is 0.193 e. The van der Waals surface area contributed by atoms with E-state index in [2.05, 4.69) is 10.3 Å². The SMILES string of the molecule is CN=C(NC1CC1c1c(F)cccc1F)N(C)Cc1ccc(OC)cc1.I. The van der Waals surface area contributed by atoms with Gasteiger partial charge in [0, 0.05) is 38.2 Å². The first-order valence-electron chi connectivity index (χ1n) is 8.54. The van der Waals surface area contributed by atoms with Crippen LogP contribution in [0, 0.1) is 11.6 Å². The third kappa shape index (κ3) is 5.09. The summed E-state index contributed by atoms with van der Waals surface area (Å²) in [5.41, 5.74) is 1.28. The van der Waals surface area contributed by atoms with Crippen molar-refractivity contribution in [2.45, 2.75) is 24.9 Å². The molecule has 0 bridgehead atoms. The third-order valence-electron chi connectivity index (χ3n) is 4.63. The second kappa shape index (κ2) is 9.34. The Bertz CT molecular complexity index is 778. The molecule has 0 saturated heterocycles. The first kappa shape index (κ1) is 21.4. The average Bonchev–Trinajstić information content (AvgIpc) is 3.39. The van der Waals surface area contributed by atoms with Gasteiger partial charge >= 0.3 is 0 Å². The van der Waals surface area contributed by atoms with Crippen LogP contribution in [0.5, 0.6) is 5.75 Å². The summed E-state index contributed by atoms with van der Waals surface area (Å²) >= 11 is 0.